The molecule has 2 heterocycles. The van der Waals surface area contributed by atoms with Gasteiger partial charge in [-0.3, -0.25) is 4.68 Å². The first kappa shape index (κ1) is 13.1. The maximum absolute atomic E-state index is 11.1. The number of rotatable bonds is 4. The van der Waals surface area contributed by atoms with Crippen LogP contribution in [0.2, 0.25) is 0 Å². The Labute approximate surface area is 110 Å². The zero-order valence-electron chi connectivity index (χ0n) is 10.3. The molecular formula is C11H15N3O2S2. The predicted octanol–water partition coefficient (Wildman–Crippen LogP) is 1.55. The second-order valence-electron chi connectivity index (χ2n) is 4.24. The van der Waals surface area contributed by atoms with Gasteiger partial charge in [-0.05, 0) is 19.1 Å². The Hall–Kier alpha value is -1.34. The summed E-state index contributed by atoms with van der Waals surface area (Å²) < 4.78 is 23.8. The fraction of sp³-hybridized carbons (Fsp3) is 0.364. The van der Waals surface area contributed by atoms with E-state index in [2.05, 4.69) is 5.10 Å². The van der Waals surface area contributed by atoms with Crippen molar-refractivity contribution in [1.29, 1.82) is 0 Å². The summed E-state index contributed by atoms with van der Waals surface area (Å²) in [5.41, 5.74) is 7.19. The van der Waals surface area contributed by atoms with E-state index in [9.17, 15) is 8.42 Å². The third kappa shape index (κ3) is 3.11. The van der Waals surface area contributed by atoms with E-state index < -0.39 is 9.84 Å². The number of nitrogen functional groups attached to an aromatic ring is 1. The number of anilines is 1. The van der Waals surface area contributed by atoms with Gasteiger partial charge in [-0.25, -0.2) is 8.42 Å². The van der Waals surface area contributed by atoms with Gasteiger partial charge in [-0.1, -0.05) is 0 Å². The molecule has 2 rings (SSSR count). The number of thiophene rings is 1. The van der Waals surface area contributed by atoms with Crippen molar-refractivity contribution in [2.45, 2.75) is 13.5 Å². The second-order valence-corrected chi connectivity index (χ2v) is 7.78. The van der Waals surface area contributed by atoms with Crippen molar-refractivity contribution < 1.29 is 8.42 Å². The fourth-order valence-electron chi connectivity index (χ4n) is 1.56. The molecule has 0 aliphatic rings. The topological polar surface area (TPSA) is 78.0 Å². The third-order valence-corrected chi connectivity index (χ3v) is 4.39. The molecule has 7 heteroatoms. The number of aromatic nitrogens is 2. The first-order chi connectivity index (χ1) is 8.35. The first-order valence-electron chi connectivity index (χ1n) is 5.42. The van der Waals surface area contributed by atoms with Crippen LogP contribution in [-0.4, -0.2) is 30.2 Å². The van der Waals surface area contributed by atoms with E-state index in [4.69, 9.17) is 5.73 Å². The largest absolute Gasteiger partial charge is 0.396 e. The lowest BCUT2D eigenvalue weighted by Crippen LogP contribution is -2.11. The summed E-state index contributed by atoms with van der Waals surface area (Å²) in [6, 6.07) is 3.98. The Balaban J connectivity index is 2.22. The molecule has 0 bridgehead atoms. The van der Waals surface area contributed by atoms with E-state index in [-0.39, 0.29) is 5.75 Å². The molecule has 5 nitrogen and oxygen atoms in total. The Morgan fingerprint density at radius 1 is 1.44 bits per heavy atom. The number of hydrogen-bond donors (Lipinski definition) is 1. The Kier molecular flexibility index (Phi) is 3.45. The quantitative estimate of drug-likeness (QED) is 0.924. The van der Waals surface area contributed by atoms with Crippen molar-refractivity contribution >= 4 is 26.9 Å². The SMILES string of the molecule is Cc1ccc(-c2nn(CCS(C)(=O)=O)cc2N)s1. The summed E-state index contributed by atoms with van der Waals surface area (Å²) in [4.78, 5) is 2.19. The maximum Gasteiger partial charge on any atom is 0.149 e. The smallest absolute Gasteiger partial charge is 0.149 e. The highest BCUT2D eigenvalue weighted by molar-refractivity contribution is 7.90. The molecule has 98 valence electrons. The zero-order valence-corrected chi connectivity index (χ0v) is 11.9. The van der Waals surface area contributed by atoms with Crippen molar-refractivity contribution in [2.24, 2.45) is 0 Å². The van der Waals surface area contributed by atoms with Gasteiger partial charge in [0.25, 0.3) is 0 Å². The number of sulfone groups is 1. The summed E-state index contributed by atoms with van der Waals surface area (Å²) in [6.45, 7) is 2.35. The molecule has 0 fully saturated rings. The highest BCUT2D eigenvalue weighted by atomic mass is 32.2. The van der Waals surface area contributed by atoms with Crippen LogP contribution in [0.1, 0.15) is 4.88 Å². The summed E-state index contributed by atoms with van der Waals surface area (Å²) in [5.74, 6) is 0.0665. The van der Waals surface area contributed by atoms with Crippen molar-refractivity contribution in [1.82, 2.24) is 9.78 Å². The van der Waals surface area contributed by atoms with E-state index >= 15 is 0 Å². The molecule has 0 amide bonds. The van der Waals surface area contributed by atoms with Crippen LogP contribution in [0.3, 0.4) is 0 Å². The molecule has 0 aromatic carbocycles. The van der Waals surface area contributed by atoms with Crippen LogP contribution in [0.15, 0.2) is 18.3 Å². The van der Waals surface area contributed by atoms with Gasteiger partial charge in [-0.15, -0.1) is 11.3 Å². The third-order valence-electron chi connectivity index (χ3n) is 2.45. The van der Waals surface area contributed by atoms with E-state index in [0.29, 0.717) is 12.2 Å². The van der Waals surface area contributed by atoms with Gasteiger partial charge in [0.05, 0.1) is 22.9 Å². The minimum Gasteiger partial charge on any atom is -0.396 e. The molecular weight excluding hydrogens is 270 g/mol. The highest BCUT2D eigenvalue weighted by Gasteiger charge is 2.11. The molecule has 0 radical (unpaired) electrons. The summed E-state index contributed by atoms with van der Waals surface area (Å²) in [7, 11) is -2.99. The Bertz CT molecular complexity index is 656. The van der Waals surface area contributed by atoms with Crippen LogP contribution >= 0.6 is 11.3 Å². The van der Waals surface area contributed by atoms with Crippen molar-refractivity contribution in [3.8, 4) is 10.6 Å². The van der Waals surface area contributed by atoms with Gasteiger partial charge in [0.2, 0.25) is 0 Å². The van der Waals surface area contributed by atoms with Crippen LogP contribution in [0.5, 0.6) is 0 Å². The predicted molar refractivity (Wildman–Crippen MR) is 74.4 cm³/mol. The molecule has 2 N–H and O–H groups in total. The summed E-state index contributed by atoms with van der Waals surface area (Å²) in [6.07, 6.45) is 2.89. The van der Waals surface area contributed by atoms with Gasteiger partial charge >= 0.3 is 0 Å². The average Bonchev–Trinajstić information content (AvgIpc) is 2.81. The van der Waals surface area contributed by atoms with Crippen LogP contribution in [0.4, 0.5) is 5.69 Å². The average molecular weight is 285 g/mol. The van der Waals surface area contributed by atoms with Crippen molar-refractivity contribution in [3.05, 3.63) is 23.2 Å². The normalized spacial score (nSPS) is 11.9. The molecule has 2 aromatic heterocycles. The van der Waals surface area contributed by atoms with E-state index in [0.717, 1.165) is 10.6 Å². The van der Waals surface area contributed by atoms with Gasteiger partial charge < -0.3 is 5.73 Å². The van der Waals surface area contributed by atoms with Crippen LogP contribution in [0.25, 0.3) is 10.6 Å². The van der Waals surface area contributed by atoms with Crippen molar-refractivity contribution in [3.63, 3.8) is 0 Å². The molecule has 0 saturated carbocycles. The Morgan fingerprint density at radius 3 is 2.72 bits per heavy atom. The van der Waals surface area contributed by atoms with Crippen LogP contribution in [-0.2, 0) is 16.4 Å². The van der Waals surface area contributed by atoms with Gasteiger partial charge in [0.15, 0.2) is 0 Å². The van der Waals surface area contributed by atoms with Gasteiger partial charge in [-0.2, -0.15) is 5.10 Å². The first-order valence-corrected chi connectivity index (χ1v) is 8.30. The number of nitrogens with zero attached hydrogens (tertiary/aromatic N) is 2. The lowest BCUT2D eigenvalue weighted by Gasteiger charge is -1.98. The molecule has 0 aliphatic carbocycles. The number of nitrogens with two attached hydrogens (primary N) is 1. The van der Waals surface area contributed by atoms with Gasteiger partial charge in [0, 0.05) is 17.3 Å². The molecule has 0 atom stereocenters. The molecule has 18 heavy (non-hydrogen) atoms. The monoisotopic (exact) mass is 285 g/mol. The fourth-order valence-corrected chi connectivity index (χ4v) is 2.96. The zero-order chi connectivity index (χ0) is 13.3. The summed E-state index contributed by atoms with van der Waals surface area (Å²) in [5, 5.41) is 4.33. The standard InChI is InChI=1S/C11H15N3O2S2/c1-8-3-4-10(17-8)11-9(12)7-14(13-11)5-6-18(2,15)16/h3-4,7H,5-6,12H2,1-2H3. The maximum atomic E-state index is 11.1. The summed E-state index contributed by atoms with van der Waals surface area (Å²) >= 11 is 1.62. The number of aryl methyl sites for hydroxylation is 2. The highest BCUT2D eigenvalue weighted by Crippen LogP contribution is 2.30. The molecule has 0 saturated heterocycles. The molecule has 0 unspecified atom stereocenters. The van der Waals surface area contributed by atoms with Gasteiger partial charge in [0.1, 0.15) is 15.5 Å². The van der Waals surface area contributed by atoms with E-state index in [1.807, 2.05) is 19.1 Å². The van der Waals surface area contributed by atoms with Crippen LogP contribution in [0, 0.1) is 6.92 Å². The van der Waals surface area contributed by atoms with Crippen LogP contribution < -0.4 is 5.73 Å². The Morgan fingerprint density at radius 2 is 2.17 bits per heavy atom. The van der Waals surface area contributed by atoms with Crippen molar-refractivity contribution in [2.75, 3.05) is 17.7 Å². The lowest BCUT2D eigenvalue weighted by atomic mass is 10.3. The van der Waals surface area contributed by atoms with E-state index in [1.54, 1.807) is 22.2 Å². The number of hydrogen-bond acceptors (Lipinski definition) is 5. The molecule has 2 aromatic rings. The second kappa shape index (κ2) is 4.74. The molecule has 0 aliphatic heterocycles. The minimum absolute atomic E-state index is 0.0665. The lowest BCUT2D eigenvalue weighted by molar-refractivity contribution is 0.586. The molecule has 0 spiro atoms. The minimum atomic E-state index is -2.99. The van der Waals surface area contributed by atoms with E-state index in [1.165, 1.54) is 11.1 Å².